The molecule has 24 heavy (non-hydrogen) atoms. The van der Waals surface area contributed by atoms with Gasteiger partial charge in [-0.2, -0.15) is 0 Å². The second kappa shape index (κ2) is 6.40. The van der Waals surface area contributed by atoms with Crippen LogP contribution < -0.4 is 10.2 Å². The van der Waals surface area contributed by atoms with Crippen molar-refractivity contribution in [2.24, 2.45) is 0 Å². The molecule has 0 spiro atoms. The molecule has 1 aromatic heterocycles. The highest BCUT2D eigenvalue weighted by Crippen LogP contribution is 2.41. The quantitative estimate of drug-likeness (QED) is 0.645. The average molecular weight is 367 g/mol. The van der Waals surface area contributed by atoms with E-state index in [2.05, 4.69) is 5.32 Å². The Hall–Kier alpha value is -2.13. The van der Waals surface area contributed by atoms with Gasteiger partial charge in [0.05, 0.1) is 4.92 Å². The van der Waals surface area contributed by atoms with E-state index >= 15 is 0 Å². The SMILES string of the molecule is CS(=O)(=O)c1cc([N+](=O)[O-])c(N2CCC(Nc3ccccc3)C2)s1. The third kappa shape index (κ3) is 3.51. The molecule has 0 radical (unpaired) electrons. The highest BCUT2D eigenvalue weighted by Gasteiger charge is 2.31. The molecule has 9 heteroatoms. The number of nitrogens with zero attached hydrogens (tertiary/aromatic N) is 2. The molecular weight excluding hydrogens is 350 g/mol. The van der Waals surface area contributed by atoms with Crippen LogP contribution in [0.3, 0.4) is 0 Å². The Bertz CT molecular complexity index is 849. The summed E-state index contributed by atoms with van der Waals surface area (Å²) in [5.74, 6) is 0. The fraction of sp³-hybridized carbons (Fsp3) is 0.333. The molecule has 128 valence electrons. The van der Waals surface area contributed by atoms with Gasteiger partial charge in [0.15, 0.2) is 14.8 Å². The van der Waals surface area contributed by atoms with Crippen LogP contribution in [0.25, 0.3) is 0 Å². The van der Waals surface area contributed by atoms with Crippen LogP contribution >= 0.6 is 11.3 Å². The summed E-state index contributed by atoms with van der Waals surface area (Å²) in [4.78, 5) is 12.6. The normalized spacial score (nSPS) is 17.9. The van der Waals surface area contributed by atoms with E-state index in [0.717, 1.165) is 35.8 Å². The van der Waals surface area contributed by atoms with E-state index in [4.69, 9.17) is 0 Å². The molecule has 0 bridgehead atoms. The first-order valence-electron chi connectivity index (χ1n) is 7.39. The molecule has 3 rings (SSSR count). The Balaban J connectivity index is 1.80. The number of hydrogen-bond acceptors (Lipinski definition) is 7. The van der Waals surface area contributed by atoms with Crippen LogP contribution in [0.2, 0.25) is 0 Å². The van der Waals surface area contributed by atoms with E-state index in [9.17, 15) is 18.5 Å². The maximum atomic E-state index is 11.7. The fourth-order valence-corrected chi connectivity index (χ4v) is 4.79. The predicted octanol–water partition coefficient (Wildman–Crippen LogP) is 2.75. The summed E-state index contributed by atoms with van der Waals surface area (Å²) in [6, 6.07) is 11.1. The van der Waals surface area contributed by atoms with Crippen molar-refractivity contribution in [3.63, 3.8) is 0 Å². The number of rotatable bonds is 5. The lowest BCUT2D eigenvalue weighted by Crippen LogP contribution is -2.25. The van der Waals surface area contributed by atoms with Gasteiger partial charge < -0.3 is 10.2 Å². The van der Waals surface area contributed by atoms with Gasteiger partial charge in [0.1, 0.15) is 4.21 Å². The molecule has 1 aromatic carbocycles. The predicted molar refractivity (Wildman–Crippen MR) is 94.8 cm³/mol. The van der Waals surface area contributed by atoms with Crippen molar-refractivity contribution >= 4 is 37.5 Å². The molecule has 0 saturated carbocycles. The molecule has 1 saturated heterocycles. The van der Waals surface area contributed by atoms with E-state index in [1.807, 2.05) is 35.2 Å². The topological polar surface area (TPSA) is 92.5 Å². The van der Waals surface area contributed by atoms with Crippen LogP contribution in [-0.4, -0.2) is 38.7 Å². The first-order valence-corrected chi connectivity index (χ1v) is 10.1. The standard InChI is InChI=1S/C15H17N3O4S2/c1-24(21,22)14-9-13(18(19)20)15(23-14)17-8-7-12(10-17)16-11-5-3-2-4-6-11/h2-6,9,12,16H,7-8,10H2,1H3. The highest BCUT2D eigenvalue weighted by molar-refractivity contribution is 7.92. The van der Waals surface area contributed by atoms with E-state index in [0.29, 0.717) is 18.1 Å². The molecule has 1 aliphatic rings. The van der Waals surface area contributed by atoms with Gasteiger partial charge in [-0.3, -0.25) is 10.1 Å². The number of anilines is 2. The first-order chi connectivity index (χ1) is 11.3. The molecule has 2 heterocycles. The Labute approximate surface area is 144 Å². The van der Waals surface area contributed by atoms with E-state index in [-0.39, 0.29) is 15.9 Å². The van der Waals surface area contributed by atoms with Crippen molar-refractivity contribution in [2.75, 3.05) is 29.6 Å². The van der Waals surface area contributed by atoms with Gasteiger partial charge in [-0.25, -0.2) is 8.42 Å². The van der Waals surface area contributed by atoms with Crippen molar-refractivity contribution < 1.29 is 13.3 Å². The molecule has 1 unspecified atom stereocenters. The average Bonchev–Trinajstić information content (AvgIpc) is 3.14. The third-order valence-electron chi connectivity index (χ3n) is 3.85. The summed E-state index contributed by atoms with van der Waals surface area (Å²) in [6.07, 6.45) is 1.90. The number of benzene rings is 1. The number of para-hydroxylation sites is 1. The van der Waals surface area contributed by atoms with Crippen molar-refractivity contribution in [1.82, 2.24) is 0 Å². The minimum absolute atomic E-state index is 0.0312. The maximum Gasteiger partial charge on any atom is 0.305 e. The molecule has 1 atom stereocenters. The lowest BCUT2D eigenvalue weighted by Gasteiger charge is -2.17. The molecule has 0 amide bonds. The first kappa shape index (κ1) is 16.7. The van der Waals surface area contributed by atoms with Crippen molar-refractivity contribution in [3.05, 3.63) is 46.5 Å². The minimum atomic E-state index is -3.46. The second-order valence-corrected chi connectivity index (χ2v) is 9.00. The van der Waals surface area contributed by atoms with Crippen LogP contribution in [0.4, 0.5) is 16.4 Å². The fourth-order valence-electron chi connectivity index (χ4n) is 2.72. The number of hydrogen-bond donors (Lipinski definition) is 1. The van der Waals surface area contributed by atoms with E-state index < -0.39 is 14.8 Å². The third-order valence-corrected chi connectivity index (χ3v) is 6.84. The lowest BCUT2D eigenvalue weighted by molar-refractivity contribution is -0.383. The summed E-state index contributed by atoms with van der Waals surface area (Å²) in [7, 11) is -3.46. The van der Waals surface area contributed by atoms with Crippen LogP contribution in [0.5, 0.6) is 0 Å². The Kier molecular flexibility index (Phi) is 4.46. The molecule has 1 fully saturated rings. The Morgan fingerprint density at radius 3 is 2.67 bits per heavy atom. The Morgan fingerprint density at radius 1 is 1.33 bits per heavy atom. The van der Waals surface area contributed by atoms with Gasteiger partial charge in [-0.05, 0) is 18.6 Å². The molecule has 2 aromatic rings. The lowest BCUT2D eigenvalue weighted by atomic mass is 10.2. The summed E-state index contributed by atoms with van der Waals surface area (Å²) in [6.45, 7) is 1.24. The van der Waals surface area contributed by atoms with Gasteiger partial charge in [-0.1, -0.05) is 29.5 Å². The summed E-state index contributed by atoms with van der Waals surface area (Å²) in [5, 5.41) is 15.1. The van der Waals surface area contributed by atoms with E-state index in [1.54, 1.807) is 0 Å². The van der Waals surface area contributed by atoms with Gasteiger partial charge in [0.25, 0.3) is 0 Å². The largest absolute Gasteiger partial charge is 0.380 e. The van der Waals surface area contributed by atoms with E-state index in [1.165, 1.54) is 0 Å². The highest BCUT2D eigenvalue weighted by atomic mass is 32.2. The molecule has 1 aliphatic heterocycles. The van der Waals surface area contributed by atoms with Crippen molar-refractivity contribution in [1.29, 1.82) is 0 Å². The maximum absolute atomic E-state index is 11.7. The molecule has 7 nitrogen and oxygen atoms in total. The zero-order valence-electron chi connectivity index (χ0n) is 13.0. The minimum Gasteiger partial charge on any atom is -0.380 e. The van der Waals surface area contributed by atoms with Crippen molar-refractivity contribution in [2.45, 2.75) is 16.7 Å². The van der Waals surface area contributed by atoms with Gasteiger partial charge in [0, 0.05) is 37.1 Å². The van der Waals surface area contributed by atoms with Gasteiger partial charge >= 0.3 is 5.69 Å². The number of nitro groups is 1. The zero-order valence-corrected chi connectivity index (χ0v) is 14.6. The number of thiophene rings is 1. The zero-order chi connectivity index (χ0) is 17.3. The van der Waals surface area contributed by atoms with Crippen molar-refractivity contribution in [3.8, 4) is 0 Å². The smallest absolute Gasteiger partial charge is 0.305 e. The summed E-state index contributed by atoms with van der Waals surface area (Å²) in [5.41, 5.74) is 0.864. The van der Waals surface area contributed by atoms with Crippen LogP contribution in [0.15, 0.2) is 40.6 Å². The van der Waals surface area contributed by atoms with Gasteiger partial charge in [0.2, 0.25) is 0 Å². The van der Waals surface area contributed by atoms with Crippen LogP contribution in [0, 0.1) is 10.1 Å². The molecule has 0 aliphatic carbocycles. The molecular formula is C15H17N3O4S2. The number of sulfone groups is 1. The second-order valence-electron chi connectivity index (χ2n) is 5.73. The number of nitrogens with one attached hydrogen (secondary N) is 1. The van der Waals surface area contributed by atoms with Crippen LogP contribution in [-0.2, 0) is 9.84 Å². The summed E-state index contributed by atoms with van der Waals surface area (Å²) >= 11 is 0.969. The molecule has 1 N–H and O–H groups in total. The Morgan fingerprint density at radius 2 is 2.04 bits per heavy atom. The van der Waals surface area contributed by atoms with Crippen LogP contribution in [0.1, 0.15) is 6.42 Å². The van der Waals surface area contributed by atoms with Gasteiger partial charge in [-0.15, -0.1) is 0 Å². The monoisotopic (exact) mass is 367 g/mol. The summed E-state index contributed by atoms with van der Waals surface area (Å²) < 4.78 is 23.4.